The van der Waals surface area contributed by atoms with Crippen LogP contribution in [0.2, 0.25) is 0 Å². The van der Waals surface area contributed by atoms with E-state index >= 15 is 0 Å². The van der Waals surface area contributed by atoms with Gasteiger partial charge in [0.2, 0.25) is 0 Å². The molecule has 1 aliphatic carbocycles. The molecule has 6 heteroatoms. The van der Waals surface area contributed by atoms with Crippen LogP contribution in [0.1, 0.15) is 42.6 Å². The molecule has 1 aliphatic heterocycles. The minimum Gasteiger partial charge on any atom is -0.497 e. The Morgan fingerprint density at radius 1 is 1.16 bits per heavy atom. The fourth-order valence-electron chi connectivity index (χ4n) is 4.48. The van der Waals surface area contributed by atoms with Crippen molar-refractivity contribution in [2.24, 2.45) is 0 Å². The minimum atomic E-state index is -0.276. The molecule has 1 aromatic carbocycles. The number of hydrogen-bond acceptors (Lipinski definition) is 4. The van der Waals surface area contributed by atoms with Crippen LogP contribution in [0, 0.1) is 25.2 Å². The van der Waals surface area contributed by atoms with Crippen LogP contribution >= 0.6 is 0 Å². The van der Waals surface area contributed by atoms with Gasteiger partial charge in [-0.05, 0) is 81.5 Å². The predicted octanol–water partition coefficient (Wildman–Crippen LogP) is 3.75. The standard InChI is InChI=1S/C25H30N4O2/c1-17-14-19(18(2)29(17)23-6-8-24(31-3)9-7-23)15-20(16-26)25(30)27-21-10-12-28(13-11-21)22-4-5-22/h6-9,14-15,21-22H,4-5,10-13H2,1-3H3,(H,27,30)/b20-15+. The summed E-state index contributed by atoms with van der Waals surface area (Å²) in [5.41, 5.74) is 4.07. The highest BCUT2D eigenvalue weighted by Gasteiger charge is 2.32. The van der Waals surface area contributed by atoms with Gasteiger partial charge in [0, 0.05) is 42.2 Å². The van der Waals surface area contributed by atoms with Gasteiger partial charge in [0.05, 0.1) is 7.11 Å². The lowest BCUT2D eigenvalue weighted by Crippen LogP contribution is -2.45. The molecule has 0 atom stereocenters. The van der Waals surface area contributed by atoms with Crippen molar-refractivity contribution in [1.82, 2.24) is 14.8 Å². The number of piperidine rings is 1. The fraction of sp³-hybridized carbons (Fsp3) is 0.440. The number of nitrogens with zero attached hydrogens (tertiary/aromatic N) is 3. The summed E-state index contributed by atoms with van der Waals surface area (Å²) in [6.07, 6.45) is 6.23. The van der Waals surface area contributed by atoms with Crippen molar-refractivity contribution >= 4 is 12.0 Å². The zero-order valence-corrected chi connectivity index (χ0v) is 18.5. The quantitative estimate of drug-likeness (QED) is 0.573. The SMILES string of the molecule is COc1ccc(-n2c(C)cc(/C=C(\C#N)C(=O)NC3CCN(C4CC4)CC3)c2C)cc1. The Hall–Kier alpha value is -3.04. The number of aryl methyl sites for hydroxylation is 1. The normalized spacial score (nSPS) is 17.9. The summed E-state index contributed by atoms with van der Waals surface area (Å²) in [4.78, 5) is 15.3. The number of ether oxygens (including phenoxy) is 1. The van der Waals surface area contributed by atoms with Crippen LogP contribution in [0.3, 0.4) is 0 Å². The molecule has 1 amide bonds. The molecule has 2 fully saturated rings. The van der Waals surface area contributed by atoms with Crippen molar-refractivity contribution in [1.29, 1.82) is 5.26 Å². The van der Waals surface area contributed by atoms with Crippen LogP contribution in [-0.4, -0.2) is 47.7 Å². The molecule has 2 aliphatic rings. The van der Waals surface area contributed by atoms with Gasteiger partial charge in [0.1, 0.15) is 17.4 Å². The third kappa shape index (κ3) is 4.67. The Labute approximate surface area is 184 Å². The molecule has 4 rings (SSSR count). The third-order valence-corrected chi connectivity index (χ3v) is 6.39. The molecule has 2 heterocycles. The number of methoxy groups -OCH3 is 1. The van der Waals surface area contributed by atoms with Crippen LogP contribution in [0.4, 0.5) is 0 Å². The number of amides is 1. The molecule has 31 heavy (non-hydrogen) atoms. The molecule has 0 spiro atoms. The van der Waals surface area contributed by atoms with Gasteiger partial charge in [-0.3, -0.25) is 4.79 Å². The number of hydrogen-bond donors (Lipinski definition) is 1. The topological polar surface area (TPSA) is 70.3 Å². The number of benzene rings is 1. The number of likely N-dealkylation sites (tertiary alicyclic amines) is 1. The van der Waals surface area contributed by atoms with E-state index in [2.05, 4.69) is 20.9 Å². The highest BCUT2D eigenvalue weighted by molar-refractivity contribution is 6.02. The average Bonchev–Trinajstić information content (AvgIpc) is 3.59. The molecule has 2 aromatic rings. The predicted molar refractivity (Wildman–Crippen MR) is 121 cm³/mol. The maximum atomic E-state index is 12.8. The molecular weight excluding hydrogens is 388 g/mol. The first-order valence-corrected chi connectivity index (χ1v) is 11.0. The van der Waals surface area contributed by atoms with E-state index in [-0.39, 0.29) is 17.5 Å². The second kappa shape index (κ2) is 8.99. The molecule has 6 nitrogen and oxygen atoms in total. The van der Waals surface area contributed by atoms with E-state index in [1.165, 1.54) is 12.8 Å². The summed E-state index contributed by atoms with van der Waals surface area (Å²) in [7, 11) is 1.65. The Morgan fingerprint density at radius 3 is 2.42 bits per heavy atom. The largest absolute Gasteiger partial charge is 0.497 e. The maximum Gasteiger partial charge on any atom is 0.262 e. The molecule has 0 bridgehead atoms. The maximum absolute atomic E-state index is 12.8. The lowest BCUT2D eigenvalue weighted by Gasteiger charge is -2.32. The average molecular weight is 419 g/mol. The second-order valence-corrected chi connectivity index (χ2v) is 8.54. The first kappa shape index (κ1) is 21.2. The van der Waals surface area contributed by atoms with Gasteiger partial charge in [-0.25, -0.2) is 0 Å². The van der Waals surface area contributed by atoms with Gasteiger partial charge in [-0.15, -0.1) is 0 Å². The van der Waals surface area contributed by atoms with E-state index in [9.17, 15) is 10.1 Å². The lowest BCUT2D eigenvalue weighted by atomic mass is 10.0. The molecule has 1 N–H and O–H groups in total. The molecule has 0 unspecified atom stereocenters. The number of carbonyl (C=O) groups is 1. The molecule has 1 aromatic heterocycles. The van der Waals surface area contributed by atoms with E-state index in [0.717, 1.165) is 60.4 Å². The molecule has 1 saturated carbocycles. The molecule has 162 valence electrons. The van der Waals surface area contributed by atoms with Gasteiger partial charge in [-0.2, -0.15) is 5.26 Å². The molecular formula is C25H30N4O2. The smallest absolute Gasteiger partial charge is 0.262 e. The summed E-state index contributed by atoms with van der Waals surface area (Å²) in [5, 5.41) is 12.7. The van der Waals surface area contributed by atoms with Gasteiger partial charge in [0.15, 0.2) is 0 Å². The number of aromatic nitrogens is 1. The van der Waals surface area contributed by atoms with E-state index in [4.69, 9.17) is 4.74 Å². The van der Waals surface area contributed by atoms with Crippen molar-refractivity contribution in [3.8, 4) is 17.5 Å². The van der Waals surface area contributed by atoms with Crippen molar-refractivity contribution in [2.75, 3.05) is 20.2 Å². The van der Waals surface area contributed by atoms with E-state index in [1.807, 2.05) is 44.2 Å². The zero-order chi connectivity index (χ0) is 22.0. The van der Waals surface area contributed by atoms with Crippen molar-refractivity contribution in [3.63, 3.8) is 0 Å². The van der Waals surface area contributed by atoms with Crippen molar-refractivity contribution in [2.45, 2.75) is 51.6 Å². The van der Waals surface area contributed by atoms with Crippen molar-refractivity contribution < 1.29 is 9.53 Å². The number of rotatable bonds is 6. The number of nitrogens with one attached hydrogen (secondary N) is 1. The van der Waals surface area contributed by atoms with Crippen LogP contribution in [0.5, 0.6) is 5.75 Å². The fourth-order valence-corrected chi connectivity index (χ4v) is 4.48. The van der Waals surface area contributed by atoms with E-state index in [0.29, 0.717) is 0 Å². The number of nitriles is 1. The van der Waals surface area contributed by atoms with Crippen molar-refractivity contribution in [3.05, 3.63) is 52.9 Å². The Kier molecular flexibility index (Phi) is 6.15. The van der Waals surface area contributed by atoms with Crippen LogP contribution < -0.4 is 10.1 Å². The first-order chi connectivity index (χ1) is 15.0. The summed E-state index contributed by atoms with van der Waals surface area (Å²) >= 11 is 0. The Bertz CT molecular complexity index is 1020. The van der Waals surface area contributed by atoms with E-state index < -0.39 is 0 Å². The molecule has 0 radical (unpaired) electrons. The number of carbonyl (C=O) groups excluding carboxylic acids is 1. The summed E-state index contributed by atoms with van der Waals surface area (Å²) < 4.78 is 7.36. The van der Waals surface area contributed by atoms with Gasteiger partial charge < -0.3 is 19.5 Å². The van der Waals surface area contributed by atoms with E-state index in [1.54, 1.807) is 13.2 Å². The third-order valence-electron chi connectivity index (χ3n) is 6.39. The molecule has 1 saturated heterocycles. The highest BCUT2D eigenvalue weighted by atomic mass is 16.5. The highest BCUT2D eigenvalue weighted by Crippen LogP contribution is 2.29. The van der Waals surface area contributed by atoms with Gasteiger partial charge in [-0.1, -0.05) is 0 Å². The van der Waals surface area contributed by atoms with Gasteiger partial charge in [0.25, 0.3) is 5.91 Å². The van der Waals surface area contributed by atoms with Crippen LogP contribution in [-0.2, 0) is 4.79 Å². The summed E-state index contributed by atoms with van der Waals surface area (Å²) in [5.74, 6) is 0.527. The minimum absolute atomic E-state index is 0.144. The van der Waals surface area contributed by atoms with Crippen LogP contribution in [0.15, 0.2) is 35.9 Å². The van der Waals surface area contributed by atoms with Gasteiger partial charge >= 0.3 is 0 Å². The Morgan fingerprint density at radius 2 is 1.84 bits per heavy atom. The first-order valence-electron chi connectivity index (χ1n) is 11.0. The lowest BCUT2D eigenvalue weighted by molar-refractivity contribution is -0.118. The monoisotopic (exact) mass is 418 g/mol. The summed E-state index contributed by atoms with van der Waals surface area (Å²) in [6, 6.07) is 12.9. The Balaban J connectivity index is 1.48. The zero-order valence-electron chi connectivity index (χ0n) is 18.5. The van der Waals surface area contributed by atoms with Crippen LogP contribution in [0.25, 0.3) is 11.8 Å². The summed E-state index contributed by atoms with van der Waals surface area (Å²) in [6.45, 7) is 6.09. The second-order valence-electron chi connectivity index (χ2n) is 8.54.